The number of hydrogen-bond donors (Lipinski definition) is 2. The number of aromatic amines is 1. The van der Waals surface area contributed by atoms with E-state index in [1.165, 1.54) is 19.4 Å². The maximum atomic E-state index is 12.6. The Hall–Kier alpha value is -3.00. The number of benzene rings is 2. The van der Waals surface area contributed by atoms with Gasteiger partial charge in [-0.15, -0.1) is 0 Å². The summed E-state index contributed by atoms with van der Waals surface area (Å²) in [4.78, 5) is 11.6. The first-order chi connectivity index (χ1) is 11.5. The maximum Gasteiger partial charge on any atom is 0.287 e. The Balaban J connectivity index is 1.97. The molecule has 24 heavy (non-hydrogen) atoms. The van der Waals surface area contributed by atoms with E-state index in [1.54, 1.807) is 42.5 Å². The molecule has 1 aromatic heterocycles. The molecule has 3 aromatic rings. The molecule has 0 radical (unpaired) electrons. The second-order valence-electron chi connectivity index (χ2n) is 4.92. The van der Waals surface area contributed by atoms with Crippen molar-refractivity contribution in [2.45, 2.75) is 4.90 Å². The SMILES string of the molecule is COc1ccccc1S(=O)(=O)Nc1cccc(-c2co[nH]c2=O)c1. The summed E-state index contributed by atoms with van der Waals surface area (Å²) >= 11 is 0. The molecule has 0 saturated heterocycles. The Bertz CT molecular complexity index is 1020. The van der Waals surface area contributed by atoms with Crippen molar-refractivity contribution in [1.29, 1.82) is 0 Å². The van der Waals surface area contributed by atoms with Crippen molar-refractivity contribution in [3.05, 3.63) is 65.1 Å². The second-order valence-corrected chi connectivity index (χ2v) is 6.57. The van der Waals surface area contributed by atoms with Gasteiger partial charge in [0.1, 0.15) is 16.9 Å². The van der Waals surface area contributed by atoms with Crippen LogP contribution in [0.5, 0.6) is 5.75 Å². The number of rotatable bonds is 5. The van der Waals surface area contributed by atoms with Gasteiger partial charge < -0.3 is 9.26 Å². The summed E-state index contributed by atoms with van der Waals surface area (Å²) in [6.45, 7) is 0. The van der Waals surface area contributed by atoms with E-state index in [0.717, 1.165) is 0 Å². The predicted molar refractivity (Wildman–Crippen MR) is 88.6 cm³/mol. The Morgan fingerprint density at radius 1 is 1.12 bits per heavy atom. The Morgan fingerprint density at radius 2 is 1.92 bits per heavy atom. The van der Waals surface area contributed by atoms with Crippen molar-refractivity contribution in [1.82, 2.24) is 5.16 Å². The van der Waals surface area contributed by atoms with Crippen LogP contribution >= 0.6 is 0 Å². The topological polar surface area (TPSA) is 101 Å². The van der Waals surface area contributed by atoms with Crippen molar-refractivity contribution >= 4 is 15.7 Å². The van der Waals surface area contributed by atoms with E-state index < -0.39 is 10.0 Å². The van der Waals surface area contributed by atoms with E-state index >= 15 is 0 Å². The van der Waals surface area contributed by atoms with E-state index in [-0.39, 0.29) is 16.2 Å². The lowest BCUT2D eigenvalue weighted by atomic mass is 10.1. The average Bonchev–Trinajstić information content (AvgIpc) is 3.01. The van der Waals surface area contributed by atoms with E-state index in [9.17, 15) is 13.2 Å². The van der Waals surface area contributed by atoms with Gasteiger partial charge in [-0.2, -0.15) is 5.16 Å². The molecule has 2 N–H and O–H groups in total. The smallest absolute Gasteiger partial charge is 0.287 e. The molecule has 0 unspecified atom stereocenters. The van der Waals surface area contributed by atoms with Gasteiger partial charge in [0.2, 0.25) is 0 Å². The molecule has 0 atom stereocenters. The fourth-order valence-electron chi connectivity index (χ4n) is 2.25. The number of para-hydroxylation sites is 1. The predicted octanol–water partition coefficient (Wildman–Crippen LogP) is 2.44. The monoisotopic (exact) mass is 346 g/mol. The fraction of sp³-hybridized carbons (Fsp3) is 0.0625. The van der Waals surface area contributed by atoms with Crippen LogP contribution in [-0.4, -0.2) is 20.7 Å². The molecule has 8 heteroatoms. The number of hydrogen-bond acceptors (Lipinski definition) is 5. The maximum absolute atomic E-state index is 12.6. The van der Waals surface area contributed by atoms with Crippen LogP contribution < -0.4 is 15.0 Å². The van der Waals surface area contributed by atoms with E-state index in [0.29, 0.717) is 16.8 Å². The highest BCUT2D eigenvalue weighted by Crippen LogP contribution is 2.26. The highest BCUT2D eigenvalue weighted by molar-refractivity contribution is 7.92. The number of sulfonamides is 1. The third-order valence-corrected chi connectivity index (χ3v) is 4.78. The summed E-state index contributed by atoms with van der Waals surface area (Å²) in [5.74, 6) is 0.243. The van der Waals surface area contributed by atoms with Gasteiger partial charge in [0.25, 0.3) is 15.6 Å². The van der Waals surface area contributed by atoms with Crippen LogP contribution in [0.2, 0.25) is 0 Å². The summed E-state index contributed by atoms with van der Waals surface area (Å²) < 4.78 is 37.5. The van der Waals surface area contributed by atoms with Gasteiger partial charge in [-0.3, -0.25) is 9.52 Å². The fourth-order valence-corrected chi connectivity index (χ4v) is 3.47. The van der Waals surface area contributed by atoms with Gasteiger partial charge in [-0.1, -0.05) is 24.3 Å². The van der Waals surface area contributed by atoms with E-state index in [4.69, 9.17) is 9.26 Å². The molecule has 124 valence electrons. The summed E-state index contributed by atoms with van der Waals surface area (Å²) in [6, 6.07) is 12.8. The number of H-pyrrole nitrogens is 1. The first kappa shape index (κ1) is 15.9. The van der Waals surface area contributed by atoms with Crippen molar-refractivity contribution in [2.75, 3.05) is 11.8 Å². The number of ether oxygens (including phenoxy) is 1. The van der Waals surface area contributed by atoms with Crippen LogP contribution in [0.4, 0.5) is 5.69 Å². The van der Waals surface area contributed by atoms with Crippen LogP contribution in [0.1, 0.15) is 0 Å². The average molecular weight is 346 g/mol. The second kappa shape index (κ2) is 6.25. The largest absolute Gasteiger partial charge is 0.495 e. The van der Waals surface area contributed by atoms with Gasteiger partial charge in [0.15, 0.2) is 0 Å². The summed E-state index contributed by atoms with van der Waals surface area (Å²) in [5.41, 5.74) is 0.775. The molecular weight excluding hydrogens is 332 g/mol. The van der Waals surface area contributed by atoms with Gasteiger partial charge in [0, 0.05) is 5.69 Å². The minimum atomic E-state index is -3.84. The van der Waals surface area contributed by atoms with Crippen molar-refractivity contribution in [2.24, 2.45) is 0 Å². The van der Waals surface area contributed by atoms with Crippen LogP contribution in [-0.2, 0) is 10.0 Å². The van der Waals surface area contributed by atoms with Gasteiger partial charge in [-0.05, 0) is 29.8 Å². The molecule has 0 fully saturated rings. The van der Waals surface area contributed by atoms with Crippen LogP contribution in [0.15, 0.2) is 69.0 Å². The zero-order valence-electron chi connectivity index (χ0n) is 12.6. The third kappa shape index (κ3) is 3.04. The van der Waals surface area contributed by atoms with Gasteiger partial charge in [0.05, 0.1) is 12.7 Å². The highest BCUT2D eigenvalue weighted by Gasteiger charge is 2.19. The molecule has 7 nitrogen and oxygen atoms in total. The Morgan fingerprint density at radius 3 is 2.62 bits per heavy atom. The lowest BCUT2D eigenvalue weighted by Crippen LogP contribution is -2.14. The number of nitrogens with one attached hydrogen (secondary N) is 2. The summed E-state index contributed by atoms with van der Waals surface area (Å²) in [7, 11) is -2.43. The van der Waals surface area contributed by atoms with E-state index in [2.05, 4.69) is 9.88 Å². The molecule has 0 aliphatic carbocycles. The van der Waals surface area contributed by atoms with Gasteiger partial charge in [-0.25, -0.2) is 8.42 Å². The standard InChI is InChI=1S/C16H14N2O5S/c1-22-14-7-2-3-8-15(14)24(20,21)18-12-6-4-5-11(9-12)13-10-23-17-16(13)19/h2-10,18H,1H3,(H,17,19). The van der Waals surface area contributed by atoms with Gasteiger partial charge >= 0.3 is 0 Å². The summed E-state index contributed by atoms with van der Waals surface area (Å²) in [5, 5.41) is 2.19. The first-order valence-electron chi connectivity index (χ1n) is 6.94. The van der Waals surface area contributed by atoms with E-state index in [1.807, 2.05) is 0 Å². The number of aromatic nitrogens is 1. The summed E-state index contributed by atoms with van der Waals surface area (Å²) in [6.07, 6.45) is 1.27. The Kier molecular flexibility index (Phi) is 4.13. The minimum Gasteiger partial charge on any atom is -0.495 e. The van der Waals surface area contributed by atoms with Crippen molar-refractivity contribution in [3.63, 3.8) is 0 Å². The molecule has 0 bridgehead atoms. The van der Waals surface area contributed by atoms with Crippen LogP contribution in [0.3, 0.4) is 0 Å². The molecule has 1 heterocycles. The van der Waals surface area contributed by atoms with Crippen LogP contribution in [0, 0.1) is 0 Å². The highest BCUT2D eigenvalue weighted by atomic mass is 32.2. The van der Waals surface area contributed by atoms with Crippen molar-refractivity contribution in [3.8, 4) is 16.9 Å². The number of methoxy groups -OCH3 is 1. The van der Waals surface area contributed by atoms with Crippen molar-refractivity contribution < 1.29 is 17.7 Å². The molecule has 0 aliphatic rings. The Labute approximate surface area is 137 Å². The van der Waals surface area contributed by atoms with Crippen LogP contribution in [0.25, 0.3) is 11.1 Å². The first-order valence-corrected chi connectivity index (χ1v) is 8.42. The number of anilines is 1. The molecule has 0 saturated carbocycles. The lowest BCUT2D eigenvalue weighted by molar-refractivity contribution is 0.403. The quantitative estimate of drug-likeness (QED) is 0.739. The molecule has 0 aliphatic heterocycles. The molecule has 2 aromatic carbocycles. The normalized spacial score (nSPS) is 11.2. The zero-order valence-corrected chi connectivity index (χ0v) is 13.5. The minimum absolute atomic E-state index is 0.0269. The third-order valence-electron chi connectivity index (χ3n) is 3.36. The molecule has 0 amide bonds. The zero-order chi connectivity index (χ0) is 17.2. The molecule has 3 rings (SSSR count). The lowest BCUT2D eigenvalue weighted by Gasteiger charge is -2.11. The molecule has 0 spiro atoms. The molecular formula is C16H14N2O5S.